The van der Waals surface area contributed by atoms with E-state index >= 15 is 0 Å². The lowest BCUT2D eigenvalue weighted by molar-refractivity contribution is -0.148. The maximum Gasteiger partial charge on any atom is 0.230 e. The van der Waals surface area contributed by atoms with Crippen molar-refractivity contribution in [3.63, 3.8) is 0 Å². The Balaban J connectivity index is 2.12. The molecule has 0 radical (unpaired) electrons. The molecular formula is C12H22N2O3S. The van der Waals surface area contributed by atoms with Crippen molar-refractivity contribution < 1.29 is 13.2 Å². The number of sulfone groups is 1. The number of carbonyl (C=O) groups excluding carboxylic acids is 1. The van der Waals surface area contributed by atoms with Crippen LogP contribution in [0.5, 0.6) is 0 Å². The molecule has 0 aromatic rings. The summed E-state index contributed by atoms with van der Waals surface area (Å²) in [7, 11) is -2.95. The van der Waals surface area contributed by atoms with Gasteiger partial charge in [-0.1, -0.05) is 6.42 Å². The minimum absolute atomic E-state index is 0.0702. The Kier molecular flexibility index (Phi) is 3.69. The molecule has 2 N–H and O–H groups in total. The normalized spacial score (nSPS) is 28.7. The van der Waals surface area contributed by atoms with Crippen LogP contribution in [0.4, 0.5) is 0 Å². The molecule has 5 nitrogen and oxygen atoms in total. The fraction of sp³-hybridized carbons (Fsp3) is 0.917. The van der Waals surface area contributed by atoms with Gasteiger partial charge < -0.3 is 10.6 Å². The van der Waals surface area contributed by atoms with Gasteiger partial charge in [-0.05, 0) is 26.2 Å². The van der Waals surface area contributed by atoms with E-state index in [-0.39, 0.29) is 23.5 Å². The molecule has 104 valence electrons. The zero-order valence-electron chi connectivity index (χ0n) is 10.9. The van der Waals surface area contributed by atoms with Crippen LogP contribution in [0, 0.1) is 5.41 Å². The molecule has 2 rings (SSSR count). The minimum Gasteiger partial charge on any atom is -0.338 e. The summed E-state index contributed by atoms with van der Waals surface area (Å²) in [5, 5.41) is 0. The van der Waals surface area contributed by atoms with Gasteiger partial charge in [-0.15, -0.1) is 0 Å². The van der Waals surface area contributed by atoms with Crippen molar-refractivity contribution in [2.24, 2.45) is 11.1 Å². The van der Waals surface area contributed by atoms with Gasteiger partial charge in [0.25, 0.3) is 0 Å². The summed E-state index contributed by atoms with van der Waals surface area (Å²) < 4.78 is 23.0. The molecule has 0 aromatic carbocycles. The van der Waals surface area contributed by atoms with E-state index in [1.54, 1.807) is 4.90 Å². The Hall–Kier alpha value is -0.620. The van der Waals surface area contributed by atoms with Crippen molar-refractivity contribution in [1.29, 1.82) is 0 Å². The summed E-state index contributed by atoms with van der Waals surface area (Å²) in [6, 6.07) is -0.142. The molecule has 1 aliphatic carbocycles. The van der Waals surface area contributed by atoms with E-state index in [4.69, 9.17) is 5.73 Å². The Morgan fingerprint density at radius 2 is 2.11 bits per heavy atom. The van der Waals surface area contributed by atoms with Crippen LogP contribution in [-0.2, 0) is 14.6 Å². The Bertz CT molecular complexity index is 423. The standard InChI is InChI=1S/C12H22N2O3S/c1-2-14(10-4-7-18(16,17)8-10)11(15)12(9-13)5-3-6-12/h10H,2-9,13H2,1H3. The molecule has 0 bridgehead atoms. The predicted molar refractivity (Wildman–Crippen MR) is 69.8 cm³/mol. The summed E-state index contributed by atoms with van der Waals surface area (Å²) in [5.41, 5.74) is 5.35. The van der Waals surface area contributed by atoms with E-state index in [0.717, 1.165) is 19.3 Å². The Morgan fingerprint density at radius 1 is 1.44 bits per heavy atom. The highest BCUT2D eigenvalue weighted by molar-refractivity contribution is 7.91. The van der Waals surface area contributed by atoms with Crippen molar-refractivity contribution in [1.82, 2.24) is 4.90 Å². The van der Waals surface area contributed by atoms with Gasteiger partial charge in [-0.2, -0.15) is 0 Å². The van der Waals surface area contributed by atoms with Crippen LogP contribution in [0.25, 0.3) is 0 Å². The number of rotatable bonds is 4. The van der Waals surface area contributed by atoms with Gasteiger partial charge in [0.2, 0.25) is 5.91 Å². The number of hydrogen-bond acceptors (Lipinski definition) is 4. The quantitative estimate of drug-likeness (QED) is 0.791. The Labute approximate surface area is 109 Å². The van der Waals surface area contributed by atoms with E-state index < -0.39 is 15.3 Å². The predicted octanol–water partition coefficient (Wildman–Crippen LogP) is 0.151. The van der Waals surface area contributed by atoms with Crippen molar-refractivity contribution in [3.8, 4) is 0 Å². The molecular weight excluding hydrogens is 252 g/mol. The van der Waals surface area contributed by atoms with Crippen LogP contribution in [-0.4, -0.2) is 49.9 Å². The molecule has 1 unspecified atom stereocenters. The largest absolute Gasteiger partial charge is 0.338 e. The first-order valence-electron chi connectivity index (χ1n) is 6.66. The van der Waals surface area contributed by atoms with Crippen LogP contribution in [0.1, 0.15) is 32.6 Å². The number of nitrogens with two attached hydrogens (primary N) is 1. The molecule has 6 heteroatoms. The van der Waals surface area contributed by atoms with Crippen LogP contribution in [0.3, 0.4) is 0 Å². The van der Waals surface area contributed by atoms with Gasteiger partial charge in [0.1, 0.15) is 0 Å². The number of amides is 1. The molecule has 1 aliphatic heterocycles. The van der Waals surface area contributed by atoms with Crippen molar-refractivity contribution >= 4 is 15.7 Å². The van der Waals surface area contributed by atoms with Crippen LogP contribution in [0.2, 0.25) is 0 Å². The van der Waals surface area contributed by atoms with E-state index in [2.05, 4.69) is 0 Å². The van der Waals surface area contributed by atoms with Gasteiger partial charge in [0, 0.05) is 19.1 Å². The van der Waals surface area contributed by atoms with Crippen molar-refractivity contribution in [3.05, 3.63) is 0 Å². The molecule has 0 aromatic heterocycles. The summed E-state index contributed by atoms with van der Waals surface area (Å²) >= 11 is 0. The maximum atomic E-state index is 12.6. The Morgan fingerprint density at radius 3 is 2.44 bits per heavy atom. The van der Waals surface area contributed by atoms with Gasteiger partial charge in [-0.3, -0.25) is 4.79 Å². The topological polar surface area (TPSA) is 80.5 Å². The van der Waals surface area contributed by atoms with E-state index in [1.807, 2.05) is 6.92 Å². The van der Waals surface area contributed by atoms with Crippen molar-refractivity contribution in [2.45, 2.75) is 38.6 Å². The SMILES string of the molecule is CCN(C(=O)C1(CN)CCC1)C1CCS(=O)(=O)C1. The second kappa shape index (κ2) is 4.81. The van der Waals surface area contributed by atoms with E-state index in [1.165, 1.54) is 0 Å². The summed E-state index contributed by atoms with van der Waals surface area (Å²) in [6.07, 6.45) is 3.31. The highest BCUT2D eigenvalue weighted by Gasteiger charge is 2.47. The molecule has 1 saturated carbocycles. The first kappa shape index (κ1) is 13.8. The molecule has 1 heterocycles. The number of hydrogen-bond donors (Lipinski definition) is 1. The lowest BCUT2D eigenvalue weighted by atomic mass is 9.67. The average Bonchev–Trinajstić information content (AvgIpc) is 2.59. The number of nitrogens with zero attached hydrogens (tertiary/aromatic N) is 1. The number of carbonyl (C=O) groups is 1. The van der Waals surface area contributed by atoms with E-state index in [0.29, 0.717) is 19.5 Å². The lowest BCUT2D eigenvalue weighted by Crippen LogP contribution is -2.55. The zero-order chi connectivity index (χ0) is 13.4. The highest BCUT2D eigenvalue weighted by atomic mass is 32.2. The molecule has 1 amide bonds. The summed E-state index contributed by atoms with van der Waals surface area (Å²) in [4.78, 5) is 14.3. The molecule has 1 atom stereocenters. The van der Waals surface area contributed by atoms with Crippen LogP contribution >= 0.6 is 0 Å². The minimum atomic E-state index is -2.95. The second-order valence-electron chi connectivity index (χ2n) is 5.49. The van der Waals surface area contributed by atoms with Gasteiger partial charge in [0.05, 0.1) is 16.9 Å². The fourth-order valence-corrected chi connectivity index (χ4v) is 4.73. The average molecular weight is 274 g/mol. The van der Waals surface area contributed by atoms with Crippen molar-refractivity contribution in [2.75, 3.05) is 24.6 Å². The van der Waals surface area contributed by atoms with Gasteiger partial charge in [-0.25, -0.2) is 8.42 Å². The maximum absolute atomic E-state index is 12.6. The second-order valence-corrected chi connectivity index (χ2v) is 7.71. The van der Waals surface area contributed by atoms with Crippen LogP contribution < -0.4 is 5.73 Å². The summed E-state index contributed by atoms with van der Waals surface area (Å²) in [5.74, 6) is 0.394. The first-order chi connectivity index (χ1) is 8.44. The third-order valence-electron chi connectivity index (χ3n) is 4.41. The lowest BCUT2D eigenvalue weighted by Gasteiger charge is -2.44. The highest BCUT2D eigenvalue weighted by Crippen LogP contribution is 2.42. The monoisotopic (exact) mass is 274 g/mol. The molecule has 18 heavy (non-hydrogen) atoms. The molecule has 0 spiro atoms. The fourth-order valence-electron chi connectivity index (χ4n) is 3.00. The van der Waals surface area contributed by atoms with Gasteiger partial charge >= 0.3 is 0 Å². The van der Waals surface area contributed by atoms with E-state index in [9.17, 15) is 13.2 Å². The third kappa shape index (κ3) is 2.28. The molecule has 2 aliphatic rings. The molecule has 1 saturated heterocycles. The van der Waals surface area contributed by atoms with Crippen LogP contribution in [0.15, 0.2) is 0 Å². The molecule has 2 fully saturated rings. The summed E-state index contributed by atoms with van der Waals surface area (Å²) in [6.45, 7) is 2.86. The smallest absolute Gasteiger partial charge is 0.230 e. The van der Waals surface area contributed by atoms with Gasteiger partial charge in [0.15, 0.2) is 9.84 Å². The third-order valence-corrected chi connectivity index (χ3v) is 6.16. The first-order valence-corrected chi connectivity index (χ1v) is 8.48. The zero-order valence-corrected chi connectivity index (χ0v) is 11.7.